The molecule has 1 N–H and O–H groups in total. The van der Waals surface area contributed by atoms with E-state index in [1.807, 2.05) is 0 Å². The Balaban J connectivity index is 1.65. The van der Waals surface area contributed by atoms with Gasteiger partial charge in [0.2, 0.25) is 0 Å². The molecule has 0 aromatic rings. The van der Waals surface area contributed by atoms with Crippen LogP contribution in [0.4, 0.5) is 0 Å². The number of hydrogen-bond acceptors (Lipinski definition) is 2. The Kier molecular flexibility index (Phi) is 5.29. The van der Waals surface area contributed by atoms with Crippen LogP contribution in [0.3, 0.4) is 0 Å². The van der Waals surface area contributed by atoms with Crippen LogP contribution in [0, 0.1) is 5.92 Å². The second-order valence-electron chi connectivity index (χ2n) is 5.32. The highest BCUT2D eigenvalue weighted by molar-refractivity contribution is 9.09. The first-order valence-electron chi connectivity index (χ1n) is 6.88. The van der Waals surface area contributed by atoms with Gasteiger partial charge < -0.3 is 9.64 Å². The van der Waals surface area contributed by atoms with Gasteiger partial charge in [0.15, 0.2) is 6.10 Å². The molecule has 17 heavy (non-hydrogen) atoms. The van der Waals surface area contributed by atoms with E-state index in [1.54, 1.807) is 4.90 Å². The number of nitrogens with one attached hydrogen (secondary N) is 1. The minimum absolute atomic E-state index is 0.0257. The predicted octanol–water partition coefficient (Wildman–Crippen LogP) is 1.16. The van der Waals surface area contributed by atoms with Crippen LogP contribution in [0.2, 0.25) is 0 Å². The van der Waals surface area contributed by atoms with Crippen molar-refractivity contribution in [2.45, 2.75) is 44.6 Å². The quantitative estimate of drug-likeness (QED) is 0.453. The fraction of sp³-hybridized carbons (Fsp3) is 0.923. The van der Waals surface area contributed by atoms with Crippen LogP contribution in [0.1, 0.15) is 38.5 Å². The lowest BCUT2D eigenvalue weighted by atomic mass is 9.86. The van der Waals surface area contributed by atoms with E-state index in [4.69, 9.17) is 4.74 Å². The van der Waals surface area contributed by atoms with E-state index in [9.17, 15) is 4.79 Å². The van der Waals surface area contributed by atoms with Gasteiger partial charge in [-0.3, -0.25) is 4.79 Å². The first-order valence-corrected chi connectivity index (χ1v) is 8.00. The van der Waals surface area contributed by atoms with Gasteiger partial charge in [0.25, 0.3) is 0 Å². The Morgan fingerprint density at radius 2 is 2.00 bits per heavy atom. The van der Waals surface area contributed by atoms with Gasteiger partial charge in [-0.15, -0.1) is 0 Å². The molecule has 0 spiro atoms. The first-order chi connectivity index (χ1) is 8.29. The molecule has 4 heteroatoms. The van der Waals surface area contributed by atoms with Crippen LogP contribution in [0.15, 0.2) is 0 Å². The van der Waals surface area contributed by atoms with Crippen molar-refractivity contribution in [3.8, 4) is 0 Å². The molecule has 3 aliphatic heterocycles. The number of fused-ring (bicyclic) bond motifs is 3. The second kappa shape index (κ2) is 6.74. The second-order valence-corrected chi connectivity index (χ2v) is 6.11. The van der Waals surface area contributed by atoms with Gasteiger partial charge in [-0.05, 0) is 12.8 Å². The zero-order chi connectivity index (χ0) is 12.1. The average molecular weight is 305 g/mol. The third-order valence-corrected chi connectivity index (χ3v) is 4.61. The number of hydrogen-bond donors (Lipinski definition) is 1. The van der Waals surface area contributed by atoms with E-state index in [2.05, 4.69) is 15.9 Å². The lowest BCUT2D eigenvalue weighted by Gasteiger charge is -2.41. The van der Waals surface area contributed by atoms with Crippen molar-refractivity contribution in [2.75, 3.05) is 25.0 Å². The number of esters is 1. The van der Waals surface area contributed by atoms with E-state index in [1.165, 1.54) is 25.9 Å². The lowest BCUT2D eigenvalue weighted by Crippen LogP contribution is -3.16. The molecule has 0 aromatic heterocycles. The molecule has 0 aliphatic carbocycles. The summed E-state index contributed by atoms with van der Waals surface area (Å²) in [5.41, 5.74) is 0. The minimum atomic E-state index is 0.0257. The maximum Gasteiger partial charge on any atom is 0.306 e. The summed E-state index contributed by atoms with van der Waals surface area (Å²) in [6.07, 6.45) is 6.55. The Morgan fingerprint density at radius 3 is 2.59 bits per heavy atom. The Hall–Kier alpha value is -0.0900. The molecule has 3 rings (SSSR count). The SMILES string of the molecule is O=C(CCCCCBr)O[C@H]1C[NH+]2CCC1CC2. The third-order valence-electron chi connectivity index (χ3n) is 4.05. The summed E-state index contributed by atoms with van der Waals surface area (Å²) < 4.78 is 5.63. The van der Waals surface area contributed by atoms with Crippen molar-refractivity contribution in [3.63, 3.8) is 0 Å². The van der Waals surface area contributed by atoms with Crippen molar-refractivity contribution in [3.05, 3.63) is 0 Å². The zero-order valence-electron chi connectivity index (χ0n) is 10.4. The summed E-state index contributed by atoms with van der Waals surface area (Å²) in [7, 11) is 0. The van der Waals surface area contributed by atoms with E-state index in [0.29, 0.717) is 12.3 Å². The molecular formula is C13H23BrNO2+. The Bertz CT molecular complexity index is 252. The minimum Gasteiger partial charge on any atom is -0.456 e. The fourth-order valence-corrected chi connectivity index (χ4v) is 3.38. The van der Waals surface area contributed by atoms with Crippen molar-refractivity contribution in [2.24, 2.45) is 5.92 Å². The molecule has 3 aliphatic rings. The highest BCUT2D eigenvalue weighted by Crippen LogP contribution is 2.21. The Labute approximate surface area is 112 Å². The molecule has 0 unspecified atom stereocenters. The van der Waals surface area contributed by atoms with Crippen LogP contribution in [-0.4, -0.2) is 37.0 Å². The topological polar surface area (TPSA) is 30.7 Å². The summed E-state index contributed by atoms with van der Waals surface area (Å²) in [4.78, 5) is 13.3. The van der Waals surface area contributed by atoms with Crippen LogP contribution < -0.4 is 4.90 Å². The summed E-state index contributed by atoms with van der Waals surface area (Å²) in [5.74, 6) is 0.678. The molecule has 1 atom stereocenters. The molecule has 0 amide bonds. The van der Waals surface area contributed by atoms with Crippen LogP contribution in [0.5, 0.6) is 0 Å². The van der Waals surface area contributed by atoms with Crippen molar-refractivity contribution < 1.29 is 14.4 Å². The number of carbonyl (C=O) groups is 1. The van der Waals surface area contributed by atoms with Gasteiger partial charge in [-0.2, -0.15) is 0 Å². The number of halogens is 1. The highest BCUT2D eigenvalue weighted by Gasteiger charge is 2.39. The van der Waals surface area contributed by atoms with E-state index in [-0.39, 0.29) is 12.1 Å². The van der Waals surface area contributed by atoms with Gasteiger partial charge in [0, 0.05) is 30.5 Å². The monoisotopic (exact) mass is 304 g/mol. The molecule has 2 bridgehead atoms. The van der Waals surface area contributed by atoms with Gasteiger partial charge in [0.1, 0.15) is 6.54 Å². The molecule has 3 saturated heterocycles. The summed E-state index contributed by atoms with van der Waals surface area (Å²) in [6, 6.07) is 0. The van der Waals surface area contributed by atoms with Gasteiger partial charge in [0.05, 0.1) is 13.1 Å². The lowest BCUT2D eigenvalue weighted by molar-refractivity contribution is -0.920. The number of rotatable bonds is 6. The van der Waals surface area contributed by atoms with Gasteiger partial charge in [-0.25, -0.2) is 0 Å². The van der Waals surface area contributed by atoms with Gasteiger partial charge in [-0.1, -0.05) is 22.4 Å². The molecular weight excluding hydrogens is 282 g/mol. The Morgan fingerprint density at radius 1 is 1.24 bits per heavy atom. The third kappa shape index (κ3) is 3.95. The summed E-state index contributed by atoms with van der Waals surface area (Å²) in [5, 5.41) is 1.03. The summed E-state index contributed by atoms with van der Waals surface area (Å²) >= 11 is 3.40. The van der Waals surface area contributed by atoms with Crippen molar-refractivity contribution in [1.29, 1.82) is 0 Å². The average Bonchev–Trinajstić information content (AvgIpc) is 2.36. The molecule has 3 fully saturated rings. The number of unbranched alkanes of at least 4 members (excludes halogenated alkanes) is 2. The van der Waals surface area contributed by atoms with Gasteiger partial charge >= 0.3 is 5.97 Å². The first kappa shape index (κ1) is 13.3. The van der Waals surface area contributed by atoms with E-state index >= 15 is 0 Å². The summed E-state index contributed by atoms with van der Waals surface area (Å²) in [6.45, 7) is 3.62. The van der Waals surface area contributed by atoms with Crippen molar-refractivity contribution >= 4 is 21.9 Å². The standard InChI is InChI=1S/C13H22BrNO2/c14-7-3-1-2-4-13(16)17-12-10-15-8-5-11(12)6-9-15/h11-12H,1-10H2/p+1/t12-/m0/s1. The van der Waals surface area contributed by atoms with Crippen LogP contribution in [0.25, 0.3) is 0 Å². The normalized spacial score (nSPS) is 31.5. The maximum absolute atomic E-state index is 11.7. The molecule has 3 heterocycles. The number of quaternary nitrogens is 1. The number of piperidine rings is 3. The smallest absolute Gasteiger partial charge is 0.306 e. The van der Waals surface area contributed by atoms with Crippen LogP contribution in [-0.2, 0) is 9.53 Å². The van der Waals surface area contributed by atoms with Crippen molar-refractivity contribution in [1.82, 2.24) is 0 Å². The molecule has 0 saturated carbocycles. The van der Waals surface area contributed by atoms with Crippen LogP contribution >= 0.6 is 15.9 Å². The number of carbonyl (C=O) groups excluding carboxylic acids is 1. The molecule has 0 radical (unpaired) electrons. The highest BCUT2D eigenvalue weighted by atomic mass is 79.9. The van der Waals surface area contributed by atoms with E-state index < -0.39 is 0 Å². The zero-order valence-corrected chi connectivity index (χ0v) is 12.0. The largest absolute Gasteiger partial charge is 0.456 e. The fourth-order valence-electron chi connectivity index (χ4n) is 2.98. The maximum atomic E-state index is 11.7. The molecule has 3 nitrogen and oxygen atoms in total. The molecule has 98 valence electrons. The molecule has 0 aromatic carbocycles. The van der Waals surface area contributed by atoms with E-state index in [0.717, 1.165) is 31.1 Å². The number of alkyl halides is 1. The number of ether oxygens (including phenoxy) is 1. The predicted molar refractivity (Wildman–Crippen MR) is 70.4 cm³/mol.